The molecule has 4 heteroatoms. The Kier molecular flexibility index (Phi) is 5.22. The first-order valence-corrected chi connectivity index (χ1v) is 6.08. The lowest BCUT2D eigenvalue weighted by molar-refractivity contribution is -0.129. The average Bonchev–Trinajstić information content (AvgIpc) is 2.74. The largest absolute Gasteiger partial charge is 0.465 e. The highest BCUT2D eigenvalue weighted by Crippen LogP contribution is 2.15. The summed E-state index contributed by atoms with van der Waals surface area (Å²) in [5.41, 5.74) is 0. The Morgan fingerprint density at radius 1 is 1.53 bits per heavy atom. The first-order valence-electron chi connectivity index (χ1n) is 6.08. The summed E-state index contributed by atoms with van der Waals surface area (Å²) in [7, 11) is 1.82. The Morgan fingerprint density at radius 3 is 2.76 bits per heavy atom. The van der Waals surface area contributed by atoms with Crippen molar-refractivity contribution in [2.45, 2.75) is 33.2 Å². The standard InChI is InChI=1S/C13H22N2O2/c1-5-15(4)13(16)8-9-14-11(3)12-7-6-10(2)17-12/h6-7,11,14H,5,8-9H2,1-4H3. The van der Waals surface area contributed by atoms with Crippen LogP contribution in [0.4, 0.5) is 0 Å². The molecule has 0 aliphatic carbocycles. The van der Waals surface area contributed by atoms with Crippen molar-refractivity contribution in [3.05, 3.63) is 23.7 Å². The third-order valence-corrected chi connectivity index (χ3v) is 2.88. The van der Waals surface area contributed by atoms with Crippen LogP contribution in [0.2, 0.25) is 0 Å². The Bertz CT molecular complexity index is 360. The van der Waals surface area contributed by atoms with E-state index < -0.39 is 0 Å². The molecule has 4 nitrogen and oxygen atoms in total. The molecule has 1 aromatic rings. The SMILES string of the molecule is CCN(C)C(=O)CCNC(C)c1ccc(C)o1. The molecule has 96 valence electrons. The number of aryl methyl sites for hydroxylation is 1. The maximum atomic E-state index is 11.6. The van der Waals surface area contributed by atoms with Crippen LogP contribution >= 0.6 is 0 Å². The molecular formula is C13H22N2O2. The van der Waals surface area contributed by atoms with E-state index in [0.29, 0.717) is 13.0 Å². The third kappa shape index (κ3) is 4.23. The van der Waals surface area contributed by atoms with Crippen molar-refractivity contribution in [1.29, 1.82) is 0 Å². The molecule has 17 heavy (non-hydrogen) atoms. The summed E-state index contributed by atoms with van der Waals surface area (Å²) in [6.07, 6.45) is 0.522. The summed E-state index contributed by atoms with van der Waals surface area (Å²) >= 11 is 0. The highest BCUT2D eigenvalue weighted by atomic mass is 16.3. The molecule has 0 saturated heterocycles. The molecule has 0 radical (unpaired) electrons. The quantitative estimate of drug-likeness (QED) is 0.825. The van der Waals surface area contributed by atoms with Crippen LogP contribution in [-0.4, -0.2) is 30.9 Å². The molecule has 0 fully saturated rings. The van der Waals surface area contributed by atoms with Crippen molar-refractivity contribution in [2.75, 3.05) is 20.1 Å². The Balaban J connectivity index is 2.29. The van der Waals surface area contributed by atoms with Gasteiger partial charge in [-0.3, -0.25) is 4.79 Å². The summed E-state index contributed by atoms with van der Waals surface area (Å²) < 4.78 is 5.51. The van der Waals surface area contributed by atoms with Gasteiger partial charge < -0.3 is 14.6 Å². The van der Waals surface area contributed by atoms with Crippen molar-refractivity contribution >= 4 is 5.91 Å². The fraction of sp³-hybridized carbons (Fsp3) is 0.615. The fourth-order valence-corrected chi connectivity index (χ4v) is 1.55. The molecule has 0 aromatic carbocycles. The number of hydrogen-bond acceptors (Lipinski definition) is 3. The second-order valence-corrected chi connectivity index (χ2v) is 4.28. The van der Waals surface area contributed by atoms with Gasteiger partial charge in [-0.25, -0.2) is 0 Å². The second kappa shape index (κ2) is 6.45. The van der Waals surface area contributed by atoms with E-state index in [2.05, 4.69) is 5.32 Å². The van der Waals surface area contributed by atoms with Crippen LogP contribution < -0.4 is 5.32 Å². The Labute approximate surface area is 103 Å². The summed E-state index contributed by atoms with van der Waals surface area (Å²) in [6.45, 7) is 7.36. The normalized spacial score (nSPS) is 12.5. The summed E-state index contributed by atoms with van der Waals surface area (Å²) in [6, 6.07) is 4.06. The van der Waals surface area contributed by atoms with Gasteiger partial charge in [0.25, 0.3) is 0 Å². The number of nitrogens with zero attached hydrogens (tertiary/aromatic N) is 1. The zero-order valence-electron chi connectivity index (χ0n) is 11.1. The van der Waals surface area contributed by atoms with E-state index in [4.69, 9.17) is 4.42 Å². The van der Waals surface area contributed by atoms with Crippen LogP contribution in [0.15, 0.2) is 16.5 Å². The molecule has 1 atom stereocenters. The number of rotatable bonds is 6. The van der Waals surface area contributed by atoms with E-state index in [9.17, 15) is 4.79 Å². The van der Waals surface area contributed by atoms with Crippen molar-refractivity contribution in [2.24, 2.45) is 0 Å². The van der Waals surface area contributed by atoms with Gasteiger partial charge in [0.15, 0.2) is 0 Å². The van der Waals surface area contributed by atoms with Gasteiger partial charge >= 0.3 is 0 Å². The predicted octanol–water partition coefficient (Wildman–Crippen LogP) is 2.11. The van der Waals surface area contributed by atoms with Crippen LogP contribution in [0.3, 0.4) is 0 Å². The van der Waals surface area contributed by atoms with Crippen molar-refractivity contribution in [3.8, 4) is 0 Å². The predicted molar refractivity (Wildman–Crippen MR) is 67.8 cm³/mol. The van der Waals surface area contributed by atoms with E-state index in [1.807, 2.05) is 40.0 Å². The van der Waals surface area contributed by atoms with Gasteiger partial charge in [-0.15, -0.1) is 0 Å². The fourth-order valence-electron chi connectivity index (χ4n) is 1.55. The minimum atomic E-state index is 0.142. The van der Waals surface area contributed by atoms with Crippen molar-refractivity contribution in [1.82, 2.24) is 10.2 Å². The van der Waals surface area contributed by atoms with Gasteiger partial charge in [0.05, 0.1) is 6.04 Å². The zero-order valence-corrected chi connectivity index (χ0v) is 11.1. The van der Waals surface area contributed by atoms with Crippen molar-refractivity contribution < 1.29 is 9.21 Å². The summed E-state index contributed by atoms with van der Waals surface area (Å²) in [4.78, 5) is 13.3. The molecule has 0 spiro atoms. The van der Waals surface area contributed by atoms with Gasteiger partial charge in [0.1, 0.15) is 11.5 Å². The molecule has 1 unspecified atom stereocenters. The Hall–Kier alpha value is -1.29. The van der Waals surface area contributed by atoms with Gasteiger partial charge in [-0.1, -0.05) is 0 Å². The van der Waals surface area contributed by atoms with E-state index in [0.717, 1.165) is 18.1 Å². The monoisotopic (exact) mass is 238 g/mol. The zero-order chi connectivity index (χ0) is 12.8. The average molecular weight is 238 g/mol. The molecule has 1 aromatic heterocycles. The summed E-state index contributed by atoms with van der Waals surface area (Å²) in [5.74, 6) is 2.00. The number of furan rings is 1. The molecule has 0 aliphatic rings. The van der Waals surface area contributed by atoms with E-state index in [1.165, 1.54) is 0 Å². The van der Waals surface area contributed by atoms with Crippen molar-refractivity contribution in [3.63, 3.8) is 0 Å². The molecule has 1 N–H and O–H groups in total. The van der Waals surface area contributed by atoms with Crippen LogP contribution in [0, 0.1) is 6.92 Å². The van der Waals surface area contributed by atoms with Crippen LogP contribution in [-0.2, 0) is 4.79 Å². The number of hydrogen-bond donors (Lipinski definition) is 1. The lowest BCUT2D eigenvalue weighted by Crippen LogP contribution is -2.30. The maximum Gasteiger partial charge on any atom is 0.223 e. The van der Waals surface area contributed by atoms with Gasteiger partial charge in [-0.05, 0) is 32.9 Å². The van der Waals surface area contributed by atoms with E-state index in [-0.39, 0.29) is 11.9 Å². The molecule has 1 amide bonds. The third-order valence-electron chi connectivity index (χ3n) is 2.88. The van der Waals surface area contributed by atoms with Gasteiger partial charge in [-0.2, -0.15) is 0 Å². The maximum absolute atomic E-state index is 11.6. The number of carbonyl (C=O) groups is 1. The first-order chi connectivity index (χ1) is 8.04. The number of carbonyl (C=O) groups excluding carboxylic acids is 1. The molecule has 0 saturated carbocycles. The van der Waals surface area contributed by atoms with Crippen LogP contribution in [0.5, 0.6) is 0 Å². The Morgan fingerprint density at radius 2 is 2.24 bits per heavy atom. The molecule has 0 bridgehead atoms. The summed E-state index contributed by atoms with van der Waals surface area (Å²) in [5, 5.41) is 3.28. The second-order valence-electron chi connectivity index (χ2n) is 4.28. The van der Waals surface area contributed by atoms with Crippen LogP contribution in [0.25, 0.3) is 0 Å². The molecule has 1 heterocycles. The lowest BCUT2D eigenvalue weighted by Gasteiger charge is -2.16. The highest BCUT2D eigenvalue weighted by Gasteiger charge is 2.10. The van der Waals surface area contributed by atoms with E-state index in [1.54, 1.807) is 4.90 Å². The minimum Gasteiger partial charge on any atom is -0.465 e. The minimum absolute atomic E-state index is 0.142. The van der Waals surface area contributed by atoms with Gasteiger partial charge in [0.2, 0.25) is 5.91 Å². The molecule has 0 aliphatic heterocycles. The number of amides is 1. The van der Waals surface area contributed by atoms with Crippen LogP contribution in [0.1, 0.15) is 37.8 Å². The topological polar surface area (TPSA) is 45.5 Å². The molecule has 1 rings (SSSR count). The van der Waals surface area contributed by atoms with E-state index >= 15 is 0 Å². The highest BCUT2D eigenvalue weighted by molar-refractivity contribution is 5.75. The smallest absolute Gasteiger partial charge is 0.223 e. The first kappa shape index (κ1) is 13.8. The van der Waals surface area contributed by atoms with Gasteiger partial charge in [0, 0.05) is 26.6 Å². The number of nitrogens with one attached hydrogen (secondary N) is 1. The molecular weight excluding hydrogens is 216 g/mol. The lowest BCUT2D eigenvalue weighted by atomic mass is 10.2.